The van der Waals surface area contributed by atoms with E-state index in [1.54, 1.807) is 0 Å². The normalized spacial score (nSPS) is 26.2. The highest BCUT2D eigenvalue weighted by Gasteiger charge is 2.26. The fraction of sp³-hybridized carbons (Fsp3) is 0.538. The molecule has 0 spiro atoms. The third-order valence-corrected chi connectivity index (χ3v) is 4.17. The maximum atomic E-state index is 9.92. The summed E-state index contributed by atoms with van der Waals surface area (Å²) in [6.45, 7) is 7.71. The molecule has 2 unspecified atom stereocenters. The number of aromatic hydroxyl groups is 1. The molecule has 2 rings (SSSR count). The molecule has 1 aliphatic heterocycles. The van der Waals surface area contributed by atoms with Crippen LogP contribution in [-0.2, 0) is 6.54 Å². The summed E-state index contributed by atoms with van der Waals surface area (Å²) in [5, 5.41) is 9.92. The summed E-state index contributed by atoms with van der Waals surface area (Å²) in [5.74, 6) is 1.90. The zero-order chi connectivity index (χ0) is 11.7. The average molecular weight is 284 g/mol. The first kappa shape index (κ1) is 11.9. The van der Waals surface area contributed by atoms with E-state index in [1.807, 2.05) is 18.2 Å². The molecular weight excluding hydrogens is 266 g/mol. The first-order chi connectivity index (χ1) is 7.58. The molecule has 0 amide bonds. The Labute approximate surface area is 105 Å². The molecule has 1 fully saturated rings. The van der Waals surface area contributed by atoms with Crippen molar-refractivity contribution in [2.45, 2.75) is 20.4 Å². The quantitative estimate of drug-likeness (QED) is 0.901. The van der Waals surface area contributed by atoms with Gasteiger partial charge in [0.2, 0.25) is 0 Å². The van der Waals surface area contributed by atoms with Gasteiger partial charge >= 0.3 is 0 Å². The standard InChI is InChI=1S/C13H18BrNO/c1-9-6-15(7-10(9)2)8-11-4-3-5-12(14)13(11)16/h3-5,9-10,16H,6-8H2,1-2H3. The topological polar surface area (TPSA) is 23.5 Å². The number of likely N-dealkylation sites (tertiary alicyclic amines) is 1. The number of phenols is 1. The molecule has 1 heterocycles. The van der Waals surface area contributed by atoms with Crippen LogP contribution in [0.1, 0.15) is 19.4 Å². The highest BCUT2D eigenvalue weighted by Crippen LogP contribution is 2.30. The summed E-state index contributed by atoms with van der Waals surface area (Å²) in [6.07, 6.45) is 0. The predicted molar refractivity (Wildman–Crippen MR) is 69.4 cm³/mol. The number of hydrogen-bond donors (Lipinski definition) is 1. The summed E-state index contributed by atoms with van der Waals surface area (Å²) in [5.41, 5.74) is 1.01. The molecule has 2 nitrogen and oxygen atoms in total. The number of benzene rings is 1. The SMILES string of the molecule is CC1CN(Cc2cccc(Br)c2O)CC1C. The summed E-state index contributed by atoms with van der Waals surface area (Å²) in [7, 11) is 0. The Hall–Kier alpha value is -0.540. The van der Waals surface area contributed by atoms with E-state index >= 15 is 0 Å². The van der Waals surface area contributed by atoms with Gasteiger partial charge in [-0.1, -0.05) is 26.0 Å². The summed E-state index contributed by atoms with van der Waals surface area (Å²) >= 11 is 3.35. The van der Waals surface area contributed by atoms with E-state index in [4.69, 9.17) is 0 Å². The van der Waals surface area contributed by atoms with Crippen molar-refractivity contribution in [1.82, 2.24) is 4.90 Å². The number of phenolic OH excluding ortho intramolecular Hbond substituents is 1. The molecule has 2 atom stereocenters. The lowest BCUT2D eigenvalue weighted by molar-refractivity contribution is 0.309. The molecule has 0 aromatic heterocycles. The Bertz CT molecular complexity index is 370. The van der Waals surface area contributed by atoms with Gasteiger partial charge in [0.25, 0.3) is 0 Å². The lowest BCUT2D eigenvalue weighted by Gasteiger charge is -2.16. The van der Waals surface area contributed by atoms with E-state index in [9.17, 15) is 5.11 Å². The van der Waals surface area contributed by atoms with Gasteiger partial charge in [0.15, 0.2) is 0 Å². The minimum Gasteiger partial charge on any atom is -0.506 e. The molecule has 16 heavy (non-hydrogen) atoms. The lowest BCUT2D eigenvalue weighted by Crippen LogP contribution is -2.20. The molecule has 1 N–H and O–H groups in total. The maximum Gasteiger partial charge on any atom is 0.134 e. The number of hydrogen-bond acceptors (Lipinski definition) is 2. The zero-order valence-corrected chi connectivity index (χ0v) is 11.4. The molecular formula is C13H18BrNO. The van der Waals surface area contributed by atoms with Gasteiger partial charge in [-0.3, -0.25) is 4.90 Å². The second kappa shape index (κ2) is 4.76. The van der Waals surface area contributed by atoms with Crippen molar-refractivity contribution in [1.29, 1.82) is 0 Å². The van der Waals surface area contributed by atoms with Gasteiger partial charge in [-0.2, -0.15) is 0 Å². The van der Waals surface area contributed by atoms with Gasteiger partial charge < -0.3 is 5.11 Å². The second-order valence-electron chi connectivity index (χ2n) is 4.90. The van der Waals surface area contributed by atoms with Crippen LogP contribution in [0.2, 0.25) is 0 Å². The third kappa shape index (κ3) is 2.41. The van der Waals surface area contributed by atoms with Crippen LogP contribution < -0.4 is 0 Å². The van der Waals surface area contributed by atoms with E-state index in [1.165, 1.54) is 0 Å². The van der Waals surface area contributed by atoms with Crippen molar-refractivity contribution in [2.75, 3.05) is 13.1 Å². The Kier molecular flexibility index (Phi) is 3.55. The van der Waals surface area contributed by atoms with Crippen LogP contribution in [0.4, 0.5) is 0 Å². The number of nitrogens with zero attached hydrogens (tertiary/aromatic N) is 1. The highest BCUT2D eigenvalue weighted by atomic mass is 79.9. The van der Waals surface area contributed by atoms with Gasteiger partial charge in [0.1, 0.15) is 5.75 Å². The molecule has 1 aliphatic rings. The summed E-state index contributed by atoms with van der Waals surface area (Å²) in [6, 6.07) is 5.84. The van der Waals surface area contributed by atoms with Gasteiger partial charge in [0.05, 0.1) is 4.47 Å². The molecule has 3 heteroatoms. The van der Waals surface area contributed by atoms with Crippen LogP contribution in [0.3, 0.4) is 0 Å². The van der Waals surface area contributed by atoms with E-state index in [-0.39, 0.29) is 0 Å². The number of rotatable bonds is 2. The van der Waals surface area contributed by atoms with Crippen LogP contribution in [0, 0.1) is 11.8 Å². The minimum atomic E-state index is 0.384. The Morgan fingerprint density at radius 3 is 2.56 bits per heavy atom. The fourth-order valence-electron chi connectivity index (χ4n) is 2.31. The highest BCUT2D eigenvalue weighted by molar-refractivity contribution is 9.10. The van der Waals surface area contributed by atoms with Crippen LogP contribution in [-0.4, -0.2) is 23.1 Å². The maximum absolute atomic E-state index is 9.92. The first-order valence-corrected chi connectivity index (χ1v) is 6.56. The molecule has 0 radical (unpaired) electrons. The summed E-state index contributed by atoms with van der Waals surface area (Å²) in [4.78, 5) is 2.41. The number of para-hydroxylation sites is 1. The van der Waals surface area contributed by atoms with E-state index in [2.05, 4.69) is 34.7 Å². The van der Waals surface area contributed by atoms with Gasteiger partial charge in [0, 0.05) is 25.2 Å². The molecule has 1 aromatic carbocycles. The van der Waals surface area contributed by atoms with Crippen molar-refractivity contribution in [3.05, 3.63) is 28.2 Å². The van der Waals surface area contributed by atoms with Crippen LogP contribution in [0.25, 0.3) is 0 Å². The molecule has 1 saturated heterocycles. The van der Waals surface area contributed by atoms with Crippen molar-refractivity contribution in [3.63, 3.8) is 0 Å². The van der Waals surface area contributed by atoms with Crippen molar-refractivity contribution < 1.29 is 5.11 Å². The second-order valence-corrected chi connectivity index (χ2v) is 5.75. The Morgan fingerprint density at radius 1 is 1.31 bits per heavy atom. The lowest BCUT2D eigenvalue weighted by atomic mass is 10.0. The van der Waals surface area contributed by atoms with E-state index < -0.39 is 0 Å². The smallest absolute Gasteiger partial charge is 0.134 e. The summed E-state index contributed by atoms with van der Waals surface area (Å²) < 4.78 is 0.783. The monoisotopic (exact) mass is 283 g/mol. The van der Waals surface area contributed by atoms with Crippen LogP contribution >= 0.6 is 15.9 Å². The molecule has 1 aromatic rings. The van der Waals surface area contributed by atoms with Crippen LogP contribution in [0.15, 0.2) is 22.7 Å². The molecule has 88 valence electrons. The predicted octanol–water partition coefficient (Wildman–Crippen LogP) is 3.24. The Morgan fingerprint density at radius 2 is 1.94 bits per heavy atom. The fourth-order valence-corrected chi connectivity index (χ4v) is 2.71. The largest absolute Gasteiger partial charge is 0.506 e. The van der Waals surface area contributed by atoms with E-state index in [0.29, 0.717) is 5.75 Å². The van der Waals surface area contributed by atoms with Gasteiger partial charge in [-0.25, -0.2) is 0 Å². The average Bonchev–Trinajstić information content (AvgIpc) is 2.54. The number of halogens is 1. The van der Waals surface area contributed by atoms with E-state index in [0.717, 1.165) is 41.5 Å². The van der Waals surface area contributed by atoms with Crippen molar-refractivity contribution in [2.24, 2.45) is 11.8 Å². The molecule has 0 saturated carbocycles. The van der Waals surface area contributed by atoms with Crippen LogP contribution in [0.5, 0.6) is 5.75 Å². The third-order valence-electron chi connectivity index (χ3n) is 3.53. The molecule has 0 aliphatic carbocycles. The Balaban J connectivity index is 2.08. The first-order valence-electron chi connectivity index (χ1n) is 5.76. The van der Waals surface area contributed by atoms with Gasteiger partial charge in [-0.15, -0.1) is 0 Å². The zero-order valence-electron chi connectivity index (χ0n) is 9.78. The van der Waals surface area contributed by atoms with Gasteiger partial charge in [-0.05, 0) is 33.8 Å². The minimum absolute atomic E-state index is 0.384. The van der Waals surface area contributed by atoms with Crippen molar-refractivity contribution >= 4 is 15.9 Å². The molecule has 0 bridgehead atoms. The van der Waals surface area contributed by atoms with Crippen molar-refractivity contribution in [3.8, 4) is 5.75 Å².